The van der Waals surface area contributed by atoms with Crippen LogP contribution in [0.3, 0.4) is 0 Å². The number of nitrogens with one attached hydrogen (secondary N) is 3. The van der Waals surface area contributed by atoms with E-state index in [0.717, 1.165) is 5.56 Å². The normalized spacial score (nSPS) is 10.1. The van der Waals surface area contributed by atoms with Crippen LogP contribution in [0.4, 0.5) is 5.69 Å². The molecule has 3 aromatic rings. The van der Waals surface area contributed by atoms with Crippen LogP contribution in [0.25, 0.3) is 0 Å². The van der Waals surface area contributed by atoms with Gasteiger partial charge in [0.15, 0.2) is 0 Å². The number of carbonyl (C=O) groups is 3. The topological polar surface area (TPSA) is 96.5 Å². The summed E-state index contributed by atoms with van der Waals surface area (Å²) in [6.07, 6.45) is 0. The lowest BCUT2D eigenvalue weighted by Gasteiger charge is -2.10. The first-order valence-corrected chi connectivity index (χ1v) is 9.19. The molecule has 0 saturated carbocycles. The standard InChI is InChI=1S/C23H21N3O4/c1-15-6-8-17(9-7-15)22(28)25-26-23(29)18-4-3-5-19(14-18)24-21(27)16-10-12-20(30-2)13-11-16/h3-14H,1-2H3,(H,24,27)(H,25,28)(H,26,29). The summed E-state index contributed by atoms with van der Waals surface area (Å²) in [5.74, 6) is -0.593. The molecule has 7 heteroatoms. The molecule has 152 valence electrons. The lowest BCUT2D eigenvalue weighted by Crippen LogP contribution is -2.41. The lowest BCUT2D eigenvalue weighted by atomic mass is 10.1. The van der Waals surface area contributed by atoms with Crippen molar-refractivity contribution in [3.8, 4) is 5.75 Å². The van der Waals surface area contributed by atoms with E-state index in [4.69, 9.17) is 4.74 Å². The molecular formula is C23H21N3O4. The second-order valence-corrected chi connectivity index (χ2v) is 6.54. The van der Waals surface area contributed by atoms with E-state index in [1.165, 1.54) is 6.07 Å². The highest BCUT2D eigenvalue weighted by Gasteiger charge is 2.11. The monoisotopic (exact) mass is 403 g/mol. The summed E-state index contributed by atoms with van der Waals surface area (Å²) in [5, 5.41) is 2.74. The fraction of sp³-hybridized carbons (Fsp3) is 0.0870. The molecule has 30 heavy (non-hydrogen) atoms. The summed E-state index contributed by atoms with van der Waals surface area (Å²) < 4.78 is 5.08. The zero-order chi connectivity index (χ0) is 21.5. The third-order valence-electron chi connectivity index (χ3n) is 4.34. The number of methoxy groups -OCH3 is 1. The second-order valence-electron chi connectivity index (χ2n) is 6.54. The van der Waals surface area contributed by atoms with Crippen molar-refractivity contribution >= 4 is 23.4 Å². The molecule has 3 rings (SSSR count). The summed E-state index contributed by atoms with van der Waals surface area (Å²) in [7, 11) is 1.55. The largest absolute Gasteiger partial charge is 0.497 e. The van der Waals surface area contributed by atoms with Crippen LogP contribution in [-0.4, -0.2) is 24.8 Å². The summed E-state index contributed by atoms with van der Waals surface area (Å²) in [4.78, 5) is 36.9. The van der Waals surface area contributed by atoms with Crippen LogP contribution >= 0.6 is 0 Å². The van der Waals surface area contributed by atoms with Crippen molar-refractivity contribution in [2.24, 2.45) is 0 Å². The zero-order valence-electron chi connectivity index (χ0n) is 16.6. The van der Waals surface area contributed by atoms with Crippen LogP contribution in [0.1, 0.15) is 36.6 Å². The van der Waals surface area contributed by atoms with Gasteiger partial charge in [-0.15, -0.1) is 0 Å². The van der Waals surface area contributed by atoms with E-state index in [1.807, 2.05) is 19.1 Å². The van der Waals surface area contributed by atoms with Gasteiger partial charge in [-0.05, 0) is 61.5 Å². The molecule has 0 saturated heterocycles. The van der Waals surface area contributed by atoms with Crippen molar-refractivity contribution in [3.05, 3.63) is 95.1 Å². The Bertz CT molecular complexity index is 1060. The van der Waals surface area contributed by atoms with Crippen LogP contribution in [0.15, 0.2) is 72.8 Å². The third-order valence-corrected chi connectivity index (χ3v) is 4.34. The first kappa shape index (κ1) is 20.6. The van der Waals surface area contributed by atoms with Crippen LogP contribution in [0, 0.1) is 6.92 Å². The van der Waals surface area contributed by atoms with Crippen molar-refractivity contribution in [1.82, 2.24) is 10.9 Å². The van der Waals surface area contributed by atoms with Gasteiger partial charge in [0.25, 0.3) is 17.7 Å². The Kier molecular flexibility index (Phi) is 6.44. The van der Waals surface area contributed by atoms with Crippen LogP contribution in [0.2, 0.25) is 0 Å². The first-order valence-electron chi connectivity index (χ1n) is 9.19. The van der Waals surface area contributed by atoms with E-state index in [2.05, 4.69) is 16.2 Å². The fourth-order valence-electron chi connectivity index (χ4n) is 2.65. The molecule has 0 aromatic heterocycles. The van der Waals surface area contributed by atoms with Gasteiger partial charge in [0.2, 0.25) is 0 Å². The summed E-state index contributed by atoms with van der Waals surface area (Å²) in [6.45, 7) is 1.92. The predicted octanol–water partition coefficient (Wildman–Crippen LogP) is 3.33. The number of hydrazine groups is 1. The number of hydrogen-bond acceptors (Lipinski definition) is 4. The maximum absolute atomic E-state index is 12.4. The number of aryl methyl sites for hydroxylation is 1. The smallest absolute Gasteiger partial charge is 0.269 e. The highest BCUT2D eigenvalue weighted by Crippen LogP contribution is 2.15. The number of hydrogen-bond donors (Lipinski definition) is 3. The third kappa shape index (κ3) is 5.23. The van der Waals surface area contributed by atoms with Gasteiger partial charge in [-0.1, -0.05) is 23.8 Å². The van der Waals surface area contributed by atoms with Crippen molar-refractivity contribution in [1.29, 1.82) is 0 Å². The van der Waals surface area contributed by atoms with E-state index in [9.17, 15) is 14.4 Å². The van der Waals surface area contributed by atoms with Crippen molar-refractivity contribution in [2.75, 3.05) is 12.4 Å². The van der Waals surface area contributed by atoms with E-state index in [1.54, 1.807) is 61.7 Å². The van der Waals surface area contributed by atoms with Gasteiger partial charge >= 0.3 is 0 Å². The molecule has 0 atom stereocenters. The van der Waals surface area contributed by atoms with Gasteiger partial charge in [-0.3, -0.25) is 25.2 Å². The van der Waals surface area contributed by atoms with Gasteiger partial charge in [-0.25, -0.2) is 0 Å². The van der Waals surface area contributed by atoms with Crippen LogP contribution < -0.4 is 20.9 Å². The molecule has 0 heterocycles. The molecule has 0 spiro atoms. The number of amides is 3. The predicted molar refractivity (Wildman–Crippen MR) is 114 cm³/mol. The molecule has 3 aromatic carbocycles. The number of ether oxygens (including phenoxy) is 1. The average Bonchev–Trinajstić information content (AvgIpc) is 2.78. The van der Waals surface area contributed by atoms with Crippen molar-refractivity contribution in [2.45, 2.75) is 6.92 Å². The lowest BCUT2D eigenvalue weighted by molar-refractivity contribution is 0.0846. The van der Waals surface area contributed by atoms with Crippen LogP contribution in [-0.2, 0) is 0 Å². The quantitative estimate of drug-likeness (QED) is 0.570. The minimum atomic E-state index is -0.504. The van der Waals surface area contributed by atoms with E-state index in [0.29, 0.717) is 22.6 Å². The maximum atomic E-state index is 12.4. The number of rotatable bonds is 5. The molecule has 0 aliphatic heterocycles. The Balaban J connectivity index is 1.61. The summed E-state index contributed by atoms with van der Waals surface area (Å²) in [6, 6.07) is 20.0. The van der Waals surface area contributed by atoms with Crippen molar-refractivity contribution < 1.29 is 19.1 Å². The molecule has 0 fully saturated rings. The molecule has 0 aliphatic carbocycles. The van der Waals surface area contributed by atoms with Crippen LogP contribution in [0.5, 0.6) is 5.75 Å². The number of carbonyl (C=O) groups excluding carboxylic acids is 3. The van der Waals surface area contributed by atoms with Gasteiger partial charge in [0.05, 0.1) is 7.11 Å². The minimum absolute atomic E-state index is 0.284. The Labute approximate surface area is 174 Å². The Morgan fingerprint density at radius 2 is 1.27 bits per heavy atom. The average molecular weight is 403 g/mol. The molecular weight excluding hydrogens is 382 g/mol. The van der Waals surface area contributed by atoms with E-state index < -0.39 is 11.8 Å². The van der Waals surface area contributed by atoms with Crippen molar-refractivity contribution in [3.63, 3.8) is 0 Å². The molecule has 0 bridgehead atoms. The Morgan fingerprint density at radius 1 is 0.700 bits per heavy atom. The molecule has 0 aliphatic rings. The molecule has 3 amide bonds. The first-order chi connectivity index (χ1) is 14.5. The van der Waals surface area contributed by atoms with Gasteiger partial charge in [-0.2, -0.15) is 0 Å². The SMILES string of the molecule is COc1ccc(C(=O)Nc2cccc(C(=O)NNC(=O)c3ccc(C)cc3)c2)cc1. The maximum Gasteiger partial charge on any atom is 0.269 e. The van der Waals surface area contributed by atoms with E-state index >= 15 is 0 Å². The molecule has 7 nitrogen and oxygen atoms in total. The van der Waals surface area contributed by atoms with Gasteiger partial charge in [0, 0.05) is 22.4 Å². The summed E-state index contributed by atoms with van der Waals surface area (Å²) in [5.41, 5.74) is 7.40. The number of anilines is 1. The second kappa shape index (κ2) is 9.38. The van der Waals surface area contributed by atoms with E-state index in [-0.39, 0.29) is 11.5 Å². The Morgan fingerprint density at radius 3 is 1.90 bits per heavy atom. The highest BCUT2D eigenvalue weighted by molar-refractivity contribution is 6.05. The number of benzene rings is 3. The molecule has 3 N–H and O–H groups in total. The minimum Gasteiger partial charge on any atom is -0.497 e. The fourth-order valence-corrected chi connectivity index (χ4v) is 2.65. The summed E-state index contributed by atoms with van der Waals surface area (Å²) >= 11 is 0. The molecule has 0 radical (unpaired) electrons. The van der Waals surface area contributed by atoms with Gasteiger partial charge < -0.3 is 10.1 Å². The zero-order valence-corrected chi connectivity index (χ0v) is 16.6. The highest BCUT2D eigenvalue weighted by atomic mass is 16.5. The van der Waals surface area contributed by atoms with Gasteiger partial charge in [0.1, 0.15) is 5.75 Å². The Hall–Kier alpha value is -4.13. The molecule has 0 unspecified atom stereocenters.